The van der Waals surface area contributed by atoms with Crippen LogP contribution in [0.25, 0.3) is 0 Å². The molecule has 1 aliphatic rings. The lowest BCUT2D eigenvalue weighted by Crippen LogP contribution is -2.35. The fraction of sp³-hybridized carbons (Fsp3) is 0.444. The lowest BCUT2D eigenvalue weighted by Gasteiger charge is -2.32. The van der Waals surface area contributed by atoms with Crippen LogP contribution in [0, 0.1) is 19.8 Å². The number of hydrogen-bond acceptors (Lipinski definition) is 5. The molecular weight excluding hydrogens is 286 g/mol. The third-order valence-electron chi connectivity index (χ3n) is 4.45. The second-order valence-corrected chi connectivity index (χ2v) is 6.60. The molecule has 5 nitrogen and oxygen atoms in total. The maximum Gasteiger partial charge on any atom is 0.159 e. The van der Waals surface area contributed by atoms with Gasteiger partial charge >= 0.3 is 0 Å². The molecule has 3 rings (SSSR count). The second-order valence-electron chi connectivity index (χ2n) is 6.60. The summed E-state index contributed by atoms with van der Waals surface area (Å²) >= 11 is 0. The summed E-state index contributed by atoms with van der Waals surface area (Å²) in [6.45, 7) is 8.46. The van der Waals surface area contributed by atoms with E-state index in [0.717, 1.165) is 24.6 Å². The minimum atomic E-state index is 0.626. The molecule has 1 aliphatic heterocycles. The van der Waals surface area contributed by atoms with Crippen molar-refractivity contribution in [1.82, 2.24) is 9.97 Å². The predicted octanol–water partition coefficient (Wildman–Crippen LogP) is 3.66. The Morgan fingerprint density at radius 1 is 1.26 bits per heavy atom. The number of piperidine rings is 1. The maximum atomic E-state index is 6.36. The first-order chi connectivity index (χ1) is 11.0. The third kappa shape index (κ3) is 3.38. The number of nitrogens with zero attached hydrogens (tertiary/aromatic N) is 3. The number of nitrogen functional groups attached to an aromatic ring is 1. The van der Waals surface area contributed by atoms with Crippen LogP contribution < -0.4 is 16.0 Å². The summed E-state index contributed by atoms with van der Waals surface area (Å²) in [5, 5.41) is 3.36. The number of hydrogen-bond donors (Lipinski definition) is 2. The Hall–Kier alpha value is -2.30. The molecule has 0 amide bonds. The second kappa shape index (κ2) is 6.44. The number of aryl methyl sites for hydroxylation is 2. The highest BCUT2D eigenvalue weighted by Crippen LogP contribution is 2.31. The summed E-state index contributed by atoms with van der Waals surface area (Å²) in [5.74, 6) is 2.20. The zero-order chi connectivity index (χ0) is 16.4. The normalized spacial score (nSPS) is 18.0. The van der Waals surface area contributed by atoms with Crippen molar-refractivity contribution in [3.63, 3.8) is 0 Å². The Bertz CT molecular complexity index is 698. The van der Waals surface area contributed by atoms with Gasteiger partial charge in [-0.15, -0.1) is 0 Å². The van der Waals surface area contributed by atoms with E-state index in [2.05, 4.69) is 59.2 Å². The smallest absolute Gasteiger partial charge is 0.159 e. The van der Waals surface area contributed by atoms with Crippen LogP contribution in [0.3, 0.4) is 0 Å². The Morgan fingerprint density at radius 3 is 2.83 bits per heavy atom. The van der Waals surface area contributed by atoms with Crippen molar-refractivity contribution in [2.45, 2.75) is 33.6 Å². The van der Waals surface area contributed by atoms with Crippen molar-refractivity contribution in [2.24, 2.45) is 5.92 Å². The van der Waals surface area contributed by atoms with E-state index in [0.29, 0.717) is 17.4 Å². The quantitative estimate of drug-likeness (QED) is 0.905. The summed E-state index contributed by atoms with van der Waals surface area (Å²) in [4.78, 5) is 11.0. The highest BCUT2D eigenvalue weighted by atomic mass is 15.2. The van der Waals surface area contributed by atoms with Crippen molar-refractivity contribution in [3.05, 3.63) is 35.7 Å². The number of rotatable bonds is 3. The van der Waals surface area contributed by atoms with Gasteiger partial charge in [0.25, 0.3) is 0 Å². The van der Waals surface area contributed by atoms with Crippen molar-refractivity contribution in [3.8, 4) is 0 Å². The minimum absolute atomic E-state index is 0.626. The predicted molar refractivity (Wildman–Crippen MR) is 96.3 cm³/mol. The average Bonchev–Trinajstić information content (AvgIpc) is 2.52. The molecular formula is C18H25N5. The number of anilines is 4. The van der Waals surface area contributed by atoms with Crippen LogP contribution in [0.5, 0.6) is 0 Å². The van der Waals surface area contributed by atoms with Crippen LogP contribution in [-0.2, 0) is 0 Å². The monoisotopic (exact) mass is 311 g/mol. The van der Waals surface area contributed by atoms with Crippen LogP contribution in [-0.4, -0.2) is 23.1 Å². The molecule has 0 aliphatic carbocycles. The molecule has 5 heteroatoms. The van der Waals surface area contributed by atoms with Gasteiger partial charge in [-0.1, -0.05) is 24.6 Å². The van der Waals surface area contributed by atoms with Gasteiger partial charge in [-0.25, -0.2) is 9.97 Å². The lowest BCUT2D eigenvalue weighted by molar-refractivity contribution is 0.445. The molecule has 23 heavy (non-hydrogen) atoms. The molecule has 3 N–H and O–H groups in total. The zero-order valence-electron chi connectivity index (χ0n) is 14.1. The minimum Gasteiger partial charge on any atom is -0.393 e. The largest absolute Gasteiger partial charge is 0.393 e. The van der Waals surface area contributed by atoms with Crippen molar-refractivity contribution >= 4 is 23.0 Å². The van der Waals surface area contributed by atoms with Gasteiger partial charge in [-0.3, -0.25) is 0 Å². The van der Waals surface area contributed by atoms with Gasteiger partial charge in [0.15, 0.2) is 11.6 Å². The van der Waals surface area contributed by atoms with E-state index in [-0.39, 0.29) is 0 Å². The van der Waals surface area contributed by atoms with Crippen LogP contribution >= 0.6 is 0 Å². The first-order valence-electron chi connectivity index (χ1n) is 8.24. The third-order valence-corrected chi connectivity index (χ3v) is 4.45. The number of benzene rings is 1. The van der Waals surface area contributed by atoms with Crippen molar-refractivity contribution in [1.29, 1.82) is 0 Å². The molecule has 1 saturated heterocycles. The first kappa shape index (κ1) is 15.6. The van der Waals surface area contributed by atoms with E-state index in [1.165, 1.54) is 24.0 Å². The Morgan fingerprint density at radius 2 is 2.09 bits per heavy atom. The molecule has 1 aromatic carbocycles. The number of nitrogens with two attached hydrogens (primary N) is 1. The summed E-state index contributed by atoms with van der Waals surface area (Å²) in [5.41, 5.74) is 10.4. The summed E-state index contributed by atoms with van der Waals surface area (Å²) in [7, 11) is 0. The van der Waals surface area contributed by atoms with Gasteiger partial charge in [0.2, 0.25) is 0 Å². The molecule has 2 aromatic rings. The van der Waals surface area contributed by atoms with E-state index in [1.54, 1.807) is 6.33 Å². The summed E-state index contributed by atoms with van der Waals surface area (Å²) in [6.07, 6.45) is 4.05. The highest BCUT2D eigenvalue weighted by molar-refractivity contribution is 5.79. The summed E-state index contributed by atoms with van der Waals surface area (Å²) < 4.78 is 0. The van der Waals surface area contributed by atoms with Crippen molar-refractivity contribution < 1.29 is 0 Å². The van der Waals surface area contributed by atoms with E-state index in [1.807, 2.05) is 0 Å². The lowest BCUT2D eigenvalue weighted by atomic mass is 10.0. The van der Waals surface area contributed by atoms with E-state index < -0.39 is 0 Å². The van der Waals surface area contributed by atoms with E-state index in [4.69, 9.17) is 5.73 Å². The molecule has 122 valence electrons. The fourth-order valence-electron chi connectivity index (χ4n) is 3.20. The molecule has 0 bridgehead atoms. The van der Waals surface area contributed by atoms with Crippen molar-refractivity contribution in [2.75, 3.05) is 29.0 Å². The zero-order valence-corrected chi connectivity index (χ0v) is 14.1. The molecule has 1 atom stereocenters. The first-order valence-corrected chi connectivity index (χ1v) is 8.24. The molecule has 1 aromatic heterocycles. The van der Waals surface area contributed by atoms with Crippen LogP contribution in [0.15, 0.2) is 24.5 Å². The molecule has 1 unspecified atom stereocenters. The van der Waals surface area contributed by atoms with Gasteiger partial charge < -0.3 is 16.0 Å². The molecule has 2 heterocycles. The SMILES string of the molecule is Cc1ccc(Nc2ncnc(N3CCCC(C)C3)c2N)c(C)c1. The Labute approximate surface area is 137 Å². The van der Waals surface area contributed by atoms with Gasteiger partial charge in [0.1, 0.15) is 12.0 Å². The van der Waals surface area contributed by atoms with Gasteiger partial charge in [0, 0.05) is 18.8 Å². The van der Waals surface area contributed by atoms with E-state index >= 15 is 0 Å². The highest BCUT2D eigenvalue weighted by Gasteiger charge is 2.21. The molecule has 0 radical (unpaired) electrons. The van der Waals surface area contributed by atoms with Crippen LogP contribution in [0.2, 0.25) is 0 Å². The van der Waals surface area contributed by atoms with Crippen LogP contribution in [0.1, 0.15) is 30.9 Å². The Kier molecular flexibility index (Phi) is 4.37. The number of aromatic nitrogens is 2. The van der Waals surface area contributed by atoms with Gasteiger partial charge in [-0.05, 0) is 44.2 Å². The molecule has 1 fully saturated rings. The molecule has 0 spiro atoms. The Balaban J connectivity index is 1.87. The standard InChI is InChI=1S/C18H25N5/c1-12-6-7-15(14(3)9-12)22-17-16(19)18(21-11-20-17)23-8-4-5-13(2)10-23/h6-7,9,11,13H,4-5,8,10,19H2,1-3H3,(H,20,21,22). The summed E-state index contributed by atoms with van der Waals surface area (Å²) in [6, 6.07) is 6.29. The van der Waals surface area contributed by atoms with E-state index in [9.17, 15) is 0 Å². The topological polar surface area (TPSA) is 67.1 Å². The maximum absolute atomic E-state index is 6.36. The van der Waals surface area contributed by atoms with Gasteiger partial charge in [-0.2, -0.15) is 0 Å². The van der Waals surface area contributed by atoms with Gasteiger partial charge in [0.05, 0.1) is 0 Å². The average molecular weight is 311 g/mol. The number of nitrogens with one attached hydrogen (secondary N) is 1. The fourth-order valence-corrected chi connectivity index (χ4v) is 3.20. The van der Waals surface area contributed by atoms with Crippen LogP contribution in [0.4, 0.5) is 23.0 Å². The molecule has 0 saturated carbocycles.